The molecular weight excluding hydrogens is 380 g/mol. The number of hydrogen-bond donors (Lipinski definition) is 0. The van der Waals surface area contributed by atoms with Crippen LogP contribution in [0.4, 0.5) is 0 Å². The van der Waals surface area contributed by atoms with Gasteiger partial charge in [0.25, 0.3) is 0 Å². The van der Waals surface area contributed by atoms with Crippen LogP contribution in [0.3, 0.4) is 0 Å². The molecule has 0 bridgehead atoms. The molecule has 0 aliphatic rings. The Balaban J connectivity index is 1.36. The largest absolute Gasteiger partial charge is 0.470 e. The molecule has 5 nitrogen and oxygen atoms in total. The number of aryl methyl sites for hydroxylation is 1. The van der Waals surface area contributed by atoms with Gasteiger partial charge in [-0.25, -0.2) is 4.98 Å². The third-order valence-corrected chi connectivity index (χ3v) is 5.73. The lowest BCUT2D eigenvalue weighted by atomic mass is 10.1. The first-order chi connectivity index (χ1) is 14.3. The number of hydrogen-bond acceptors (Lipinski definition) is 5. The van der Waals surface area contributed by atoms with Gasteiger partial charge in [0.15, 0.2) is 0 Å². The minimum atomic E-state index is 0.466. The number of rotatable bonds is 5. The van der Waals surface area contributed by atoms with Crippen molar-refractivity contribution >= 4 is 22.2 Å². The summed E-state index contributed by atoms with van der Waals surface area (Å²) in [4.78, 5) is 11.1. The third-order valence-electron chi connectivity index (χ3n) is 4.65. The Morgan fingerprint density at radius 3 is 2.72 bits per heavy atom. The summed E-state index contributed by atoms with van der Waals surface area (Å²) in [5.74, 6) is 0.623. The average molecular weight is 398 g/mol. The zero-order valence-corrected chi connectivity index (χ0v) is 16.6. The molecule has 5 aromatic rings. The van der Waals surface area contributed by atoms with E-state index in [-0.39, 0.29) is 0 Å². The van der Waals surface area contributed by atoms with Gasteiger partial charge in [0.05, 0.1) is 21.7 Å². The van der Waals surface area contributed by atoms with Crippen LogP contribution in [0.5, 0.6) is 5.88 Å². The monoisotopic (exact) mass is 398 g/mol. The summed E-state index contributed by atoms with van der Waals surface area (Å²) < 4.78 is 7.82. The third kappa shape index (κ3) is 3.62. The van der Waals surface area contributed by atoms with Crippen LogP contribution in [0.15, 0.2) is 79.3 Å². The molecular formula is C23H18N4OS. The minimum absolute atomic E-state index is 0.466. The van der Waals surface area contributed by atoms with Crippen LogP contribution in [0.25, 0.3) is 32.6 Å². The van der Waals surface area contributed by atoms with E-state index >= 15 is 0 Å². The Labute approximate surface area is 172 Å². The Bertz CT molecular complexity index is 1280. The fourth-order valence-electron chi connectivity index (χ4n) is 3.24. The van der Waals surface area contributed by atoms with Crippen LogP contribution in [-0.2, 0) is 13.7 Å². The molecule has 0 atom stereocenters. The van der Waals surface area contributed by atoms with Crippen molar-refractivity contribution in [2.45, 2.75) is 6.61 Å². The smallest absolute Gasteiger partial charge is 0.241 e. The van der Waals surface area contributed by atoms with E-state index in [4.69, 9.17) is 9.72 Å². The first kappa shape index (κ1) is 17.6. The highest BCUT2D eigenvalue weighted by atomic mass is 32.1. The SMILES string of the molecule is Cn1cc(-c2ccncc2)c(OCc2ccc(-c3ccc4ccccc4n3)s2)n1. The minimum Gasteiger partial charge on any atom is -0.470 e. The van der Waals surface area contributed by atoms with Crippen molar-refractivity contribution in [1.82, 2.24) is 19.7 Å². The molecule has 4 aromatic heterocycles. The van der Waals surface area contributed by atoms with Crippen LogP contribution in [0, 0.1) is 0 Å². The summed E-state index contributed by atoms with van der Waals surface area (Å²) in [5, 5.41) is 5.62. The molecule has 0 fully saturated rings. The number of pyridine rings is 2. The van der Waals surface area contributed by atoms with Crippen LogP contribution in [0.1, 0.15) is 4.88 Å². The summed E-state index contributed by atoms with van der Waals surface area (Å²) in [6, 6.07) is 20.4. The predicted octanol–water partition coefficient (Wildman–Crippen LogP) is 5.34. The number of fused-ring (bicyclic) bond motifs is 1. The van der Waals surface area contributed by atoms with Gasteiger partial charge in [0, 0.05) is 35.9 Å². The molecule has 0 aliphatic heterocycles. The maximum absolute atomic E-state index is 6.06. The Kier molecular flexibility index (Phi) is 4.54. The highest BCUT2D eigenvalue weighted by molar-refractivity contribution is 7.15. The number of nitrogens with zero attached hydrogens (tertiary/aromatic N) is 4. The second kappa shape index (κ2) is 7.48. The molecule has 6 heteroatoms. The van der Waals surface area contributed by atoms with Crippen molar-refractivity contribution in [2.24, 2.45) is 7.05 Å². The van der Waals surface area contributed by atoms with Gasteiger partial charge in [0.1, 0.15) is 6.61 Å². The van der Waals surface area contributed by atoms with E-state index in [1.54, 1.807) is 28.4 Å². The zero-order chi connectivity index (χ0) is 19.6. The summed E-state index contributed by atoms with van der Waals surface area (Å²) in [5.41, 5.74) is 3.99. The number of para-hydroxylation sites is 1. The molecule has 4 heterocycles. The zero-order valence-electron chi connectivity index (χ0n) is 15.8. The van der Waals surface area contributed by atoms with E-state index in [2.05, 4.69) is 40.4 Å². The van der Waals surface area contributed by atoms with E-state index in [1.807, 2.05) is 43.6 Å². The maximum Gasteiger partial charge on any atom is 0.241 e. The van der Waals surface area contributed by atoms with Crippen LogP contribution in [-0.4, -0.2) is 19.7 Å². The molecule has 0 saturated carbocycles. The van der Waals surface area contributed by atoms with E-state index in [9.17, 15) is 0 Å². The molecule has 0 saturated heterocycles. The molecule has 0 amide bonds. The Morgan fingerprint density at radius 1 is 0.966 bits per heavy atom. The van der Waals surface area contributed by atoms with Gasteiger partial charge < -0.3 is 4.74 Å². The van der Waals surface area contributed by atoms with Crippen molar-refractivity contribution < 1.29 is 4.74 Å². The summed E-state index contributed by atoms with van der Waals surface area (Å²) >= 11 is 1.69. The van der Waals surface area contributed by atoms with E-state index in [0.29, 0.717) is 12.5 Å². The first-order valence-electron chi connectivity index (χ1n) is 9.28. The van der Waals surface area contributed by atoms with Crippen LogP contribution in [0.2, 0.25) is 0 Å². The second-order valence-corrected chi connectivity index (χ2v) is 7.87. The summed E-state index contributed by atoms with van der Waals surface area (Å²) in [6.07, 6.45) is 5.51. The highest BCUT2D eigenvalue weighted by Crippen LogP contribution is 2.31. The number of benzene rings is 1. The first-order valence-corrected chi connectivity index (χ1v) is 10.1. The topological polar surface area (TPSA) is 52.8 Å². The normalized spacial score (nSPS) is 11.1. The molecule has 1 aromatic carbocycles. The van der Waals surface area contributed by atoms with Gasteiger partial charge in [-0.15, -0.1) is 16.4 Å². The van der Waals surface area contributed by atoms with Crippen molar-refractivity contribution in [3.05, 3.63) is 84.1 Å². The lowest BCUT2D eigenvalue weighted by molar-refractivity contribution is 0.295. The van der Waals surface area contributed by atoms with E-state index < -0.39 is 0 Å². The van der Waals surface area contributed by atoms with Gasteiger partial charge in [-0.3, -0.25) is 9.67 Å². The van der Waals surface area contributed by atoms with Crippen molar-refractivity contribution in [3.8, 4) is 27.6 Å². The molecule has 142 valence electrons. The van der Waals surface area contributed by atoms with Crippen molar-refractivity contribution in [2.75, 3.05) is 0 Å². The molecule has 0 spiro atoms. The van der Waals surface area contributed by atoms with Crippen LogP contribution < -0.4 is 4.74 Å². The van der Waals surface area contributed by atoms with Crippen LogP contribution >= 0.6 is 11.3 Å². The van der Waals surface area contributed by atoms with Gasteiger partial charge in [-0.05, 0) is 42.0 Å². The second-order valence-electron chi connectivity index (χ2n) is 6.70. The Morgan fingerprint density at radius 2 is 1.83 bits per heavy atom. The fourth-order valence-corrected chi connectivity index (χ4v) is 4.13. The quantitative estimate of drug-likeness (QED) is 0.401. The summed E-state index contributed by atoms with van der Waals surface area (Å²) in [6.45, 7) is 0.466. The van der Waals surface area contributed by atoms with E-state index in [1.165, 1.54) is 0 Å². The van der Waals surface area contributed by atoms with Gasteiger partial charge in [0.2, 0.25) is 5.88 Å². The highest BCUT2D eigenvalue weighted by Gasteiger charge is 2.12. The molecule has 0 N–H and O–H groups in total. The van der Waals surface area contributed by atoms with Crippen molar-refractivity contribution in [1.29, 1.82) is 0 Å². The van der Waals surface area contributed by atoms with Gasteiger partial charge in [-0.2, -0.15) is 0 Å². The summed E-state index contributed by atoms with van der Waals surface area (Å²) in [7, 11) is 1.90. The van der Waals surface area contributed by atoms with E-state index in [0.717, 1.165) is 37.5 Å². The standard InChI is InChI=1S/C23H18N4OS/c1-27-14-19(16-10-12-24-13-11-16)23(26-27)28-15-18-7-9-22(29-18)21-8-6-17-4-2-3-5-20(17)25-21/h2-14H,15H2,1H3. The van der Waals surface area contributed by atoms with Gasteiger partial charge >= 0.3 is 0 Å². The molecule has 0 unspecified atom stereocenters. The predicted molar refractivity (Wildman–Crippen MR) is 116 cm³/mol. The Hall–Kier alpha value is -3.51. The fraction of sp³-hybridized carbons (Fsp3) is 0.0870. The lowest BCUT2D eigenvalue weighted by Gasteiger charge is -2.04. The number of thiophene rings is 1. The average Bonchev–Trinajstić information content (AvgIpc) is 3.39. The molecule has 5 rings (SSSR count). The van der Waals surface area contributed by atoms with Crippen molar-refractivity contribution in [3.63, 3.8) is 0 Å². The van der Waals surface area contributed by atoms with Gasteiger partial charge in [-0.1, -0.05) is 24.3 Å². The molecule has 29 heavy (non-hydrogen) atoms. The number of aromatic nitrogens is 4. The lowest BCUT2D eigenvalue weighted by Crippen LogP contribution is -1.96. The molecule has 0 aliphatic carbocycles. The molecule has 0 radical (unpaired) electrons. The maximum atomic E-state index is 6.06. The number of ether oxygens (including phenoxy) is 1.